The minimum Gasteiger partial charge on any atom is -0.334 e. The molecule has 0 unspecified atom stereocenters. The van der Waals surface area contributed by atoms with Gasteiger partial charge in [-0.1, -0.05) is 23.4 Å². The van der Waals surface area contributed by atoms with Crippen molar-refractivity contribution < 1.29 is 9.32 Å². The Kier molecular flexibility index (Phi) is 2.69. The zero-order valence-corrected chi connectivity index (χ0v) is 7.83. The van der Waals surface area contributed by atoms with Crippen LogP contribution in [0.2, 0.25) is 0 Å². The van der Waals surface area contributed by atoms with E-state index in [1.807, 2.05) is 24.3 Å². The second-order valence-corrected chi connectivity index (χ2v) is 2.86. The third-order valence-corrected chi connectivity index (χ3v) is 1.89. The maximum atomic E-state index is 10.1. The van der Waals surface area contributed by atoms with Gasteiger partial charge in [0, 0.05) is 5.56 Å². The van der Waals surface area contributed by atoms with Crippen LogP contribution < -0.4 is 0 Å². The van der Waals surface area contributed by atoms with E-state index in [0.29, 0.717) is 5.89 Å². The number of carbonyl (C=O) groups is 1. The van der Waals surface area contributed by atoms with E-state index in [1.54, 1.807) is 6.08 Å². The molecule has 0 spiro atoms. The topological polar surface area (TPSA) is 56.0 Å². The van der Waals surface area contributed by atoms with E-state index >= 15 is 0 Å². The van der Waals surface area contributed by atoms with Crippen LogP contribution in [0, 0.1) is 0 Å². The van der Waals surface area contributed by atoms with Crippen LogP contribution in [0.4, 0.5) is 0 Å². The highest BCUT2D eigenvalue weighted by Crippen LogP contribution is 2.16. The lowest BCUT2D eigenvalue weighted by Crippen LogP contribution is -1.77. The number of nitrogens with zero attached hydrogens (tertiary/aromatic N) is 2. The van der Waals surface area contributed by atoms with E-state index in [1.165, 1.54) is 12.4 Å². The van der Waals surface area contributed by atoms with Gasteiger partial charge in [0.05, 0.1) is 0 Å². The van der Waals surface area contributed by atoms with Crippen molar-refractivity contribution in [2.24, 2.45) is 0 Å². The molecule has 0 N–H and O–H groups in total. The number of allylic oxidation sites excluding steroid dienone is 1. The first-order valence-corrected chi connectivity index (χ1v) is 4.39. The predicted molar refractivity (Wildman–Crippen MR) is 54.8 cm³/mol. The van der Waals surface area contributed by atoms with Crippen LogP contribution in [0.25, 0.3) is 17.5 Å². The molecule has 4 heteroatoms. The second-order valence-electron chi connectivity index (χ2n) is 2.86. The minimum atomic E-state index is 0.487. The van der Waals surface area contributed by atoms with Crippen LogP contribution in [-0.4, -0.2) is 16.4 Å². The molecule has 0 radical (unpaired) electrons. The van der Waals surface area contributed by atoms with Gasteiger partial charge in [-0.2, -0.15) is 4.98 Å². The van der Waals surface area contributed by atoms with Crippen molar-refractivity contribution in [1.82, 2.24) is 10.1 Å². The summed E-state index contributed by atoms with van der Waals surface area (Å²) in [4.78, 5) is 14.0. The monoisotopic (exact) mass is 200 g/mol. The summed E-state index contributed by atoms with van der Waals surface area (Å²) in [5.41, 5.74) is 1.81. The van der Waals surface area contributed by atoms with Crippen molar-refractivity contribution in [3.05, 3.63) is 42.2 Å². The molecule has 1 aromatic carbocycles. The van der Waals surface area contributed by atoms with Gasteiger partial charge in [-0.3, -0.25) is 4.79 Å². The van der Waals surface area contributed by atoms with E-state index in [0.717, 1.165) is 17.4 Å². The third-order valence-electron chi connectivity index (χ3n) is 1.89. The highest BCUT2D eigenvalue weighted by Gasteiger charge is 2.01. The smallest absolute Gasteiger partial charge is 0.257 e. The summed E-state index contributed by atoms with van der Waals surface area (Å²) in [7, 11) is 0. The molecule has 0 bridgehead atoms. The van der Waals surface area contributed by atoms with Crippen molar-refractivity contribution >= 4 is 12.4 Å². The number of aldehydes is 1. The molecule has 2 rings (SSSR count). The summed E-state index contributed by atoms with van der Waals surface area (Å²) in [5.74, 6) is 0.487. The molecule has 2 aromatic rings. The Bertz CT molecular complexity index is 458. The van der Waals surface area contributed by atoms with Gasteiger partial charge in [0.2, 0.25) is 0 Å². The highest BCUT2D eigenvalue weighted by atomic mass is 16.5. The summed E-state index contributed by atoms with van der Waals surface area (Å²) in [6.07, 6.45) is 5.27. The largest absolute Gasteiger partial charge is 0.334 e. The van der Waals surface area contributed by atoms with Crippen LogP contribution in [-0.2, 0) is 4.79 Å². The van der Waals surface area contributed by atoms with Gasteiger partial charge >= 0.3 is 0 Å². The molecule has 0 saturated carbocycles. The van der Waals surface area contributed by atoms with Gasteiger partial charge in [0.1, 0.15) is 6.29 Å². The predicted octanol–water partition coefficient (Wildman–Crippen LogP) is 1.95. The normalized spacial score (nSPS) is 10.7. The Morgan fingerprint density at radius 3 is 2.60 bits per heavy atom. The lowest BCUT2D eigenvalue weighted by atomic mass is 10.1. The molecule has 1 aromatic heterocycles. The standard InChI is InChI=1S/C11H8N2O2/c14-7-1-2-9-3-5-10(6-4-9)11-12-8-13-15-11/h1-8H/b2-1+. The molecule has 74 valence electrons. The Morgan fingerprint density at radius 2 is 2.00 bits per heavy atom. The minimum absolute atomic E-state index is 0.487. The molecular formula is C11H8N2O2. The van der Waals surface area contributed by atoms with E-state index < -0.39 is 0 Å². The molecule has 0 aliphatic rings. The zero-order valence-electron chi connectivity index (χ0n) is 7.83. The number of hydrogen-bond acceptors (Lipinski definition) is 4. The van der Waals surface area contributed by atoms with Crippen LogP contribution in [0.1, 0.15) is 5.56 Å². The average molecular weight is 200 g/mol. The Morgan fingerprint density at radius 1 is 1.20 bits per heavy atom. The second kappa shape index (κ2) is 4.32. The highest BCUT2D eigenvalue weighted by molar-refractivity contribution is 5.74. The summed E-state index contributed by atoms with van der Waals surface area (Å²) < 4.78 is 4.91. The van der Waals surface area contributed by atoms with Crippen molar-refractivity contribution in [3.8, 4) is 11.5 Å². The fraction of sp³-hybridized carbons (Fsp3) is 0. The van der Waals surface area contributed by atoms with Gasteiger partial charge < -0.3 is 4.52 Å². The van der Waals surface area contributed by atoms with Gasteiger partial charge in [-0.05, 0) is 23.8 Å². The van der Waals surface area contributed by atoms with Gasteiger partial charge in [0.15, 0.2) is 6.33 Å². The van der Waals surface area contributed by atoms with Crippen LogP contribution in [0.3, 0.4) is 0 Å². The van der Waals surface area contributed by atoms with E-state index in [-0.39, 0.29) is 0 Å². The summed E-state index contributed by atoms with van der Waals surface area (Å²) in [5, 5.41) is 3.52. The quantitative estimate of drug-likeness (QED) is 0.561. The molecule has 4 nitrogen and oxygen atoms in total. The number of carbonyl (C=O) groups excluding carboxylic acids is 1. The fourth-order valence-corrected chi connectivity index (χ4v) is 1.19. The van der Waals surface area contributed by atoms with Crippen molar-refractivity contribution in [3.63, 3.8) is 0 Å². The number of rotatable bonds is 3. The van der Waals surface area contributed by atoms with Crippen molar-refractivity contribution in [1.29, 1.82) is 0 Å². The summed E-state index contributed by atoms with van der Waals surface area (Å²) >= 11 is 0. The molecule has 0 amide bonds. The first-order valence-electron chi connectivity index (χ1n) is 4.39. The molecular weight excluding hydrogens is 192 g/mol. The van der Waals surface area contributed by atoms with Crippen LogP contribution >= 0.6 is 0 Å². The maximum Gasteiger partial charge on any atom is 0.257 e. The van der Waals surface area contributed by atoms with Crippen molar-refractivity contribution in [2.45, 2.75) is 0 Å². The Balaban J connectivity index is 2.24. The molecule has 0 atom stereocenters. The lowest BCUT2D eigenvalue weighted by Gasteiger charge is -1.95. The SMILES string of the molecule is O=C/C=C/c1ccc(-c2ncno2)cc1. The molecule has 0 saturated heterocycles. The van der Waals surface area contributed by atoms with Crippen molar-refractivity contribution in [2.75, 3.05) is 0 Å². The Labute approximate surface area is 86.2 Å². The average Bonchev–Trinajstić information content (AvgIpc) is 2.80. The lowest BCUT2D eigenvalue weighted by molar-refractivity contribution is -0.104. The molecule has 0 aliphatic carbocycles. The zero-order chi connectivity index (χ0) is 10.5. The molecule has 15 heavy (non-hydrogen) atoms. The summed E-state index contributed by atoms with van der Waals surface area (Å²) in [6.45, 7) is 0. The fourth-order valence-electron chi connectivity index (χ4n) is 1.19. The first kappa shape index (κ1) is 9.33. The number of hydrogen-bond donors (Lipinski definition) is 0. The number of aromatic nitrogens is 2. The molecule has 0 fully saturated rings. The van der Waals surface area contributed by atoms with Gasteiger partial charge in [0.25, 0.3) is 5.89 Å². The molecule has 0 aliphatic heterocycles. The third kappa shape index (κ3) is 2.17. The maximum absolute atomic E-state index is 10.1. The summed E-state index contributed by atoms with van der Waals surface area (Å²) in [6, 6.07) is 7.47. The van der Waals surface area contributed by atoms with E-state index in [9.17, 15) is 4.79 Å². The van der Waals surface area contributed by atoms with Gasteiger partial charge in [-0.15, -0.1) is 0 Å². The van der Waals surface area contributed by atoms with Crippen LogP contribution in [0.5, 0.6) is 0 Å². The molecule has 1 heterocycles. The van der Waals surface area contributed by atoms with E-state index in [4.69, 9.17) is 4.52 Å². The van der Waals surface area contributed by atoms with Gasteiger partial charge in [-0.25, -0.2) is 0 Å². The number of benzene rings is 1. The Hall–Kier alpha value is -2.23. The van der Waals surface area contributed by atoms with E-state index in [2.05, 4.69) is 10.1 Å². The van der Waals surface area contributed by atoms with Crippen LogP contribution in [0.15, 0.2) is 41.2 Å². The first-order chi connectivity index (χ1) is 7.40.